The molecular formula is C23H27N5O4S. The van der Waals surface area contributed by atoms with E-state index in [1.165, 1.54) is 11.8 Å². The molecular weight excluding hydrogens is 442 g/mol. The Morgan fingerprint density at radius 2 is 1.76 bits per heavy atom. The summed E-state index contributed by atoms with van der Waals surface area (Å²) in [6, 6.07) is 14.6. The van der Waals surface area contributed by atoms with Crippen LogP contribution in [0.4, 0.5) is 5.69 Å². The number of para-hydroxylation sites is 2. The molecule has 0 saturated carbocycles. The molecule has 3 aromatic rings. The van der Waals surface area contributed by atoms with Crippen LogP contribution in [0.5, 0.6) is 11.5 Å². The van der Waals surface area contributed by atoms with Crippen molar-refractivity contribution < 1.29 is 19.1 Å². The van der Waals surface area contributed by atoms with Gasteiger partial charge in [0.25, 0.3) is 0 Å². The number of thioether (sulfide) groups is 1. The average molecular weight is 470 g/mol. The Balaban J connectivity index is 1.52. The van der Waals surface area contributed by atoms with Crippen molar-refractivity contribution in [1.29, 1.82) is 0 Å². The second-order valence-electron chi connectivity index (χ2n) is 6.98. The summed E-state index contributed by atoms with van der Waals surface area (Å²) in [5.41, 5.74) is 1.50. The molecule has 2 amide bonds. The minimum Gasteiger partial charge on any atom is -0.497 e. The number of rotatable bonds is 11. The fraction of sp³-hybridized carbons (Fsp3) is 0.304. The van der Waals surface area contributed by atoms with Crippen molar-refractivity contribution in [3.05, 3.63) is 59.9 Å². The van der Waals surface area contributed by atoms with Gasteiger partial charge in [-0.2, -0.15) is 0 Å². The van der Waals surface area contributed by atoms with Crippen molar-refractivity contribution in [3.8, 4) is 11.5 Å². The molecule has 174 valence electrons. The van der Waals surface area contributed by atoms with E-state index in [0.717, 1.165) is 11.3 Å². The van der Waals surface area contributed by atoms with Gasteiger partial charge in [0.1, 0.15) is 11.5 Å². The quantitative estimate of drug-likeness (QED) is 0.416. The van der Waals surface area contributed by atoms with Gasteiger partial charge in [0, 0.05) is 6.54 Å². The molecule has 0 radical (unpaired) electrons. The number of nitrogens with zero attached hydrogens (tertiary/aromatic N) is 3. The Morgan fingerprint density at radius 1 is 1.00 bits per heavy atom. The van der Waals surface area contributed by atoms with Crippen LogP contribution in [0.1, 0.15) is 18.3 Å². The summed E-state index contributed by atoms with van der Waals surface area (Å²) >= 11 is 1.29. The molecule has 3 rings (SSSR count). The lowest BCUT2D eigenvalue weighted by atomic mass is 10.1. The van der Waals surface area contributed by atoms with Gasteiger partial charge >= 0.3 is 0 Å². The number of aromatic nitrogens is 3. The van der Waals surface area contributed by atoms with E-state index >= 15 is 0 Å². The van der Waals surface area contributed by atoms with Crippen LogP contribution >= 0.6 is 11.8 Å². The van der Waals surface area contributed by atoms with E-state index in [4.69, 9.17) is 9.47 Å². The number of carbonyl (C=O) groups excluding carboxylic acids is 2. The molecule has 0 atom stereocenters. The number of ether oxygens (including phenoxy) is 2. The van der Waals surface area contributed by atoms with Crippen LogP contribution in [0, 0.1) is 0 Å². The first-order valence-electron chi connectivity index (χ1n) is 10.4. The van der Waals surface area contributed by atoms with Crippen molar-refractivity contribution in [2.45, 2.75) is 31.6 Å². The monoisotopic (exact) mass is 469 g/mol. The maximum atomic E-state index is 12.4. The highest BCUT2D eigenvalue weighted by Gasteiger charge is 2.15. The van der Waals surface area contributed by atoms with E-state index in [2.05, 4.69) is 20.8 Å². The first-order valence-corrected chi connectivity index (χ1v) is 11.4. The summed E-state index contributed by atoms with van der Waals surface area (Å²) in [6.45, 7) is 2.84. The molecule has 0 bridgehead atoms. The zero-order valence-corrected chi connectivity index (χ0v) is 19.6. The molecule has 10 heteroatoms. The van der Waals surface area contributed by atoms with Crippen LogP contribution in [0.15, 0.2) is 53.7 Å². The van der Waals surface area contributed by atoms with E-state index in [1.807, 2.05) is 47.9 Å². The molecule has 0 spiro atoms. The number of nitrogens with one attached hydrogen (secondary N) is 2. The predicted octanol–water partition coefficient (Wildman–Crippen LogP) is 2.90. The van der Waals surface area contributed by atoms with Crippen molar-refractivity contribution in [2.24, 2.45) is 0 Å². The number of hydrogen-bond acceptors (Lipinski definition) is 7. The summed E-state index contributed by atoms with van der Waals surface area (Å²) in [5, 5.41) is 14.7. The number of methoxy groups -OCH3 is 2. The lowest BCUT2D eigenvalue weighted by molar-refractivity contribution is -0.120. The van der Waals surface area contributed by atoms with Gasteiger partial charge in [0.05, 0.1) is 38.6 Å². The zero-order chi connectivity index (χ0) is 23.6. The number of carbonyl (C=O) groups is 2. The van der Waals surface area contributed by atoms with Crippen molar-refractivity contribution >= 4 is 29.3 Å². The number of anilines is 1. The molecule has 0 fully saturated rings. The highest BCUT2D eigenvalue weighted by atomic mass is 32.2. The third-order valence-corrected chi connectivity index (χ3v) is 5.76. The summed E-state index contributed by atoms with van der Waals surface area (Å²) in [4.78, 5) is 24.7. The first-order chi connectivity index (χ1) is 16.0. The van der Waals surface area contributed by atoms with E-state index in [0.29, 0.717) is 29.0 Å². The van der Waals surface area contributed by atoms with Crippen LogP contribution in [-0.4, -0.2) is 46.6 Å². The number of hydrogen-bond donors (Lipinski definition) is 2. The maximum absolute atomic E-state index is 12.4. The summed E-state index contributed by atoms with van der Waals surface area (Å²) in [6.07, 6.45) is 0.259. The second-order valence-corrected chi connectivity index (χ2v) is 7.92. The zero-order valence-electron chi connectivity index (χ0n) is 18.8. The van der Waals surface area contributed by atoms with Gasteiger partial charge < -0.3 is 24.7 Å². The van der Waals surface area contributed by atoms with E-state index in [-0.39, 0.29) is 30.5 Å². The molecule has 0 saturated heterocycles. The lowest BCUT2D eigenvalue weighted by Crippen LogP contribution is -2.26. The van der Waals surface area contributed by atoms with E-state index in [9.17, 15) is 9.59 Å². The normalized spacial score (nSPS) is 10.5. The van der Waals surface area contributed by atoms with Gasteiger partial charge in [0.2, 0.25) is 11.8 Å². The Morgan fingerprint density at radius 3 is 2.45 bits per heavy atom. The summed E-state index contributed by atoms with van der Waals surface area (Å²) in [5.74, 6) is 1.85. The Labute approximate surface area is 196 Å². The molecule has 2 aromatic carbocycles. The topological polar surface area (TPSA) is 107 Å². The molecule has 9 nitrogen and oxygen atoms in total. The van der Waals surface area contributed by atoms with E-state index in [1.54, 1.807) is 26.4 Å². The van der Waals surface area contributed by atoms with Crippen LogP contribution in [-0.2, 0) is 29.1 Å². The van der Waals surface area contributed by atoms with Crippen LogP contribution < -0.4 is 20.1 Å². The van der Waals surface area contributed by atoms with Gasteiger partial charge in [-0.1, -0.05) is 36.0 Å². The number of amides is 2. The summed E-state index contributed by atoms with van der Waals surface area (Å²) in [7, 11) is 3.16. The first kappa shape index (κ1) is 24.1. The highest BCUT2D eigenvalue weighted by molar-refractivity contribution is 7.99. The molecule has 2 N–H and O–H groups in total. The standard InChI is InChI=1S/C23H27N5O4S/c1-4-28-20(14-24-21(29)13-16-9-11-17(31-2)12-10-16)26-27-23(28)33-15-22(30)25-18-7-5-6-8-19(18)32-3/h5-12H,4,13-15H2,1-3H3,(H,24,29)(H,25,30). The van der Waals surface area contributed by atoms with Gasteiger partial charge in [0.15, 0.2) is 11.0 Å². The highest BCUT2D eigenvalue weighted by Crippen LogP contribution is 2.24. The minimum absolute atomic E-state index is 0.115. The molecule has 0 aliphatic heterocycles. The van der Waals surface area contributed by atoms with Crippen molar-refractivity contribution in [2.75, 3.05) is 25.3 Å². The molecule has 0 aliphatic rings. The molecule has 0 unspecified atom stereocenters. The number of benzene rings is 2. The Kier molecular flexibility index (Phi) is 8.71. The second kappa shape index (κ2) is 11.9. The fourth-order valence-electron chi connectivity index (χ4n) is 3.11. The van der Waals surface area contributed by atoms with Crippen LogP contribution in [0.25, 0.3) is 0 Å². The third-order valence-electron chi connectivity index (χ3n) is 4.79. The average Bonchev–Trinajstić information content (AvgIpc) is 3.24. The lowest BCUT2D eigenvalue weighted by Gasteiger charge is -2.10. The summed E-state index contributed by atoms with van der Waals surface area (Å²) < 4.78 is 12.3. The maximum Gasteiger partial charge on any atom is 0.234 e. The molecule has 0 aliphatic carbocycles. The van der Waals surface area contributed by atoms with Gasteiger partial charge in [-0.05, 0) is 36.8 Å². The van der Waals surface area contributed by atoms with Crippen LogP contribution in [0.2, 0.25) is 0 Å². The SMILES string of the molecule is CCn1c(CNC(=O)Cc2ccc(OC)cc2)nnc1SCC(=O)Nc1ccccc1OC. The predicted molar refractivity (Wildman–Crippen MR) is 127 cm³/mol. The smallest absolute Gasteiger partial charge is 0.234 e. The van der Waals surface area contributed by atoms with Crippen LogP contribution in [0.3, 0.4) is 0 Å². The van der Waals surface area contributed by atoms with E-state index < -0.39 is 0 Å². The fourth-order valence-corrected chi connectivity index (χ4v) is 3.93. The largest absolute Gasteiger partial charge is 0.497 e. The van der Waals surface area contributed by atoms with Crippen molar-refractivity contribution in [1.82, 2.24) is 20.1 Å². The Bertz CT molecular complexity index is 1080. The Hall–Kier alpha value is -3.53. The molecule has 1 heterocycles. The minimum atomic E-state index is -0.176. The van der Waals surface area contributed by atoms with Gasteiger partial charge in [-0.15, -0.1) is 10.2 Å². The van der Waals surface area contributed by atoms with Crippen molar-refractivity contribution in [3.63, 3.8) is 0 Å². The van der Waals surface area contributed by atoms with Gasteiger partial charge in [-0.25, -0.2) is 0 Å². The third kappa shape index (κ3) is 6.72. The molecule has 33 heavy (non-hydrogen) atoms. The van der Waals surface area contributed by atoms with Gasteiger partial charge in [-0.3, -0.25) is 9.59 Å². The molecule has 1 aromatic heterocycles.